The molecule has 1 aromatic carbocycles. The highest BCUT2D eigenvalue weighted by Crippen LogP contribution is 2.42. The number of aromatic nitrogens is 1. The van der Waals surface area contributed by atoms with Crippen LogP contribution in [-0.4, -0.2) is 28.6 Å². The van der Waals surface area contributed by atoms with E-state index in [1.807, 2.05) is 6.07 Å². The molecule has 162 valence electrons. The summed E-state index contributed by atoms with van der Waals surface area (Å²) in [5.74, 6) is -2.33. The van der Waals surface area contributed by atoms with Crippen molar-refractivity contribution in [3.63, 3.8) is 0 Å². The zero-order valence-corrected chi connectivity index (χ0v) is 18.1. The third-order valence-corrected chi connectivity index (χ3v) is 5.25. The van der Waals surface area contributed by atoms with E-state index in [-0.39, 0.29) is 17.8 Å². The molecule has 1 fully saturated rings. The number of benzene rings is 1. The van der Waals surface area contributed by atoms with E-state index in [0.29, 0.717) is 18.1 Å². The van der Waals surface area contributed by atoms with Crippen molar-refractivity contribution in [1.29, 1.82) is 0 Å². The standard InChI is InChI=1S/C22H28F2N3O2P/c1-2-3-4-14(13-25)20-19(15-11-17(28)12-15)9-10-26-21(20)27-16-5-7-18(8-6-16)29-22(23,24)30/h4-10,15,17,28H,2-3,11-13,25,30H2,1H3,(H,26,27)/b14-4-. The molecule has 0 radical (unpaired) electrons. The van der Waals surface area contributed by atoms with Crippen LogP contribution >= 0.6 is 9.24 Å². The zero-order valence-electron chi connectivity index (χ0n) is 16.9. The monoisotopic (exact) mass is 435 g/mol. The fourth-order valence-electron chi connectivity index (χ4n) is 3.60. The Labute approximate surface area is 177 Å². The van der Waals surface area contributed by atoms with Crippen molar-refractivity contribution in [2.45, 2.75) is 50.5 Å². The van der Waals surface area contributed by atoms with Gasteiger partial charge in [-0.1, -0.05) is 19.4 Å². The van der Waals surface area contributed by atoms with E-state index in [0.717, 1.165) is 42.4 Å². The van der Waals surface area contributed by atoms with E-state index in [2.05, 4.69) is 28.0 Å². The molecule has 8 heteroatoms. The largest absolute Gasteiger partial charge is 0.430 e. The highest BCUT2D eigenvalue weighted by Gasteiger charge is 2.31. The van der Waals surface area contributed by atoms with Gasteiger partial charge < -0.3 is 20.9 Å². The first-order valence-electron chi connectivity index (χ1n) is 10.1. The molecule has 3 rings (SSSR count). The van der Waals surface area contributed by atoms with Crippen LogP contribution in [0.3, 0.4) is 0 Å². The molecule has 2 aromatic rings. The molecule has 1 aromatic heterocycles. The van der Waals surface area contributed by atoms with E-state index in [1.165, 1.54) is 21.4 Å². The molecular weight excluding hydrogens is 407 g/mol. The maximum absolute atomic E-state index is 13.0. The summed E-state index contributed by atoms with van der Waals surface area (Å²) in [7, 11) is 1.35. The van der Waals surface area contributed by atoms with Gasteiger partial charge in [0.05, 0.1) is 6.10 Å². The molecule has 30 heavy (non-hydrogen) atoms. The summed E-state index contributed by atoms with van der Waals surface area (Å²) in [6, 6.07) is 8.26. The number of nitrogens with one attached hydrogen (secondary N) is 1. The Bertz CT molecular complexity index is 879. The molecule has 1 aliphatic rings. The summed E-state index contributed by atoms with van der Waals surface area (Å²) in [5.41, 5.74) is 9.86. The van der Waals surface area contributed by atoms with Gasteiger partial charge in [-0.2, -0.15) is 8.78 Å². The predicted molar refractivity (Wildman–Crippen MR) is 119 cm³/mol. The van der Waals surface area contributed by atoms with Crippen molar-refractivity contribution in [2.24, 2.45) is 5.73 Å². The maximum Gasteiger partial charge on any atom is 0.408 e. The van der Waals surface area contributed by atoms with Crippen LogP contribution in [0.2, 0.25) is 0 Å². The number of aliphatic hydroxyl groups excluding tert-OH is 1. The maximum atomic E-state index is 13.0. The van der Waals surface area contributed by atoms with Gasteiger partial charge in [0, 0.05) is 24.0 Å². The molecule has 1 unspecified atom stereocenters. The summed E-state index contributed by atoms with van der Waals surface area (Å²) in [6.07, 6.45) is 6.96. The first kappa shape index (κ1) is 22.6. The second-order valence-electron chi connectivity index (χ2n) is 7.48. The molecule has 1 aliphatic carbocycles. The zero-order chi connectivity index (χ0) is 21.7. The fourth-order valence-corrected chi connectivity index (χ4v) is 3.73. The fraction of sp³-hybridized carbons (Fsp3) is 0.409. The molecule has 5 nitrogen and oxygen atoms in total. The Balaban J connectivity index is 1.92. The predicted octanol–water partition coefficient (Wildman–Crippen LogP) is 5.01. The van der Waals surface area contributed by atoms with Gasteiger partial charge in [0.2, 0.25) is 0 Å². The number of anilines is 2. The second-order valence-corrected chi connectivity index (χ2v) is 8.15. The minimum Gasteiger partial charge on any atom is -0.430 e. The number of unbranched alkanes of at least 4 members (excludes halogenated alkanes) is 1. The second kappa shape index (κ2) is 9.82. The van der Waals surface area contributed by atoms with Crippen LogP contribution in [0, 0.1) is 0 Å². The molecule has 0 aliphatic heterocycles. The van der Waals surface area contributed by atoms with Gasteiger partial charge in [-0.15, -0.1) is 0 Å². The molecule has 1 saturated carbocycles. The van der Waals surface area contributed by atoms with Crippen LogP contribution in [-0.2, 0) is 0 Å². The van der Waals surface area contributed by atoms with Gasteiger partial charge in [-0.05, 0) is 75.9 Å². The number of nitrogens with two attached hydrogens (primary N) is 1. The van der Waals surface area contributed by atoms with E-state index >= 15 is 0 Å². The number of aliphatic hydroxyl groups is 1. The Morgan fingerprint density at radius 3 is 2.60 bits per heavy atom. The van der Waals surface area contributed by atoms with Gasteiger partial charge >= 0.3 is 5.85 Å². The number of rotatable bonds is 9. The summed E-state index contributed by atoms with van der Waals surface area (Å²) in [5, 5.41) is 13.1. The summed E-state index contributed by atoms with van der Waals surface area (Å²) in [6.45, 7) is 2.48. The minimum atomic E-state index is -3.31. The quantitative estimate of drug-likeness (QED) is 0.483. The van der Waals surface area contributed by atoms with Gasteiger partial charge in [0.1, 0.15) is 11.6 Å². The topological polar surface area (TPSA) is 80.4 Å². The number of alkyl halides is 2. The van der Waals surface area contributed by atoms with E-state index < -0.39 is 5.85 Å². The number of hydrogen-bond donors (Lipinski definition) is 3. The molecule has 0 amide bonds. The minimum absolute atomic E-state index is 0.0661. The normalized spacial score (nSPS) is 19.3. The van der Waals surface area contributed by atoms with Crippen LogP contribution in [0.15, 0.2) is 42.6 Å². The molecule has 1 heterocycles. The first-order chi connectivity index (χ1) is 14.3. The van der Waals surface area contributed by atoms with Gasteiger partial charge in [0.15, 0.2) is 0 Å². The van der Waals surface area contributed by atoms with Crippen molar-refractivity contribution in [1.82, 2.24) is 4.98 Å². The molecule has 0 spiro atoms. The average molecular weight is 435 g/mol. The van der Waals surface area contributed by atoms with Gasteiger partial charge in [-0.3, -0.25) is 0 Å². The lowest BCUT2D eigenvalue weighted by Crippen LogP contribution is -2.27. The smallest absolute Gasteiger partial charge is 0.408 e. The lowest BCUT2D eigenvalue weighted by Gasteiger charge is -2.34. The van der Waals surface area contributed by atoms with E-state index in [1.54, 1.807) is 18.3 Å². The molecule has 0 bridgehead atoms. The van der Waals surface area contributed by atoms with Gasteiger partial charge in [0.25, 0.3) is 0 Å². The molecule has 0 saturated heterocycles. The number of nitrogens with zero attached hydrogens (tertiary/aromatic N) is 1. The Kier molecular flexibility index (Phi) is 7.40. The van der Waals surface area contributed by atoms with Crippen molar-refractivity contribution in [3.8, 4) is 5.75 Å². The third-order valence-electron chi connectivity index (χ3n) is 5.13. The number of halogens is 2. The van der Waals surface area contributed by atoms with Crippen LogP contribution in [0.4, 0.5) is 20.3 Å². The number of allylic oxidation sites excluding steroid dienone is 1. The van der Waals surface area contributed by atoms with Crippen molar-refractivity contribution in [3.05, 3.63) is 53.7 Å². The van der Waals surface area contributed by atoms with E-state index in [4.69, 9.17) is 5.73 Å². The van der Waals surface area contributed by atoms with Crippen LogP contribution in [0.5, 0.6) is 5.75 Å². The summed E-state index contributed by atoms with van der Waals surface area (Å²) < 4.78 is 30.6. The third kappa shape index (κ3) is 5.75. The Morgan fingerprint density at radius 1 is 1.33 bits per heavy atom. The number of pyridine rings is 1. The van der Waals surface area contributed by atoms with E-state index in [9.17, 15) is 13.9 Å². The van der Waals surface area contributed by atoms with Crippen LogP contribution < -0.4 is 15.8 Å². The average Bonchev–Trinajstić information content (AvgIpc) is 2.67. The summed E-state index contributed by atoms with van der Waals surface area (Å²) in [4.78, 5) is 4.53. The number of ether oxygens (including phenoxy) is 1. The molecule has 1 atom stereocenters. The Hall–Kier alpha value is -2.08. The summed E-state index contributed by atoms with van der Waals surface area (Å²) >= 11 is 0. The Morgan fingerprint density at radius 2 is 2.03 bits per heavy atom. The van der Waals surface area contributed by atoms with Crippen molar-refractivity contribution in [2.75, 3.05) is 11.9 Å². The number of hydrogen-bond acceptors (Lipinski definition) is 5. The van der Waals surface area contributed by atoms with Gasteiger partial charge in [-0.25, -0.2) is 4.98 Å². The molecule has 4 N–H and O–H groups in total. The SMILES string of the molecule is CCC/C=C(/CN)c1c(C2CC(O)C2)ccnc1Nc1ccc(OC(F)(F)P)cc1. The van der Waals surface area contributed by atoms with Crippen molar-refractivity contribution >= 4 is 26.3 Å². The lowest BCUT2D eigenvalue weighted by atomic mass is 9.75. The van der Waals surface area contributed by atoms with Crippen LogP contribution in [0.1, 0.15) is 49.7 Å². The first-order valence-corrected chi connectivity index (χ1v) is 10.7. The lowest BCUT2D eigenvalue weighted by molar-refractivity contribution is -0.0892. The molecular formula is C22H28F2N3O2P. The highest BCUT2D eigenvalue weighted by molar-refractivity contribution is 7.17. The highest BCUT2D eigenvalue weighted by atomic mass is 31.0. The van der Waals surface area contributed by atoms with Crippen LogP contribution in [0.25, 0.3) is 5.57 Å². The van der Waals surface area contributed by atoms with Crippen molar-refractivity contribution < 1.29 is 18.6 Å².